The predicted octanol–water partition coefficient (Wildman–Crippen LogP) is 1.98. The Labute approximate surface area is 116 Å². The van der Waals surface area contributed by atoms with Crippen LogP contribution in [-0.4, -0.2) is 47.7 Å². The summed E-state index contributed by atoms with van der Waals surface area (Å²) in [6, 6.07) is 4.07. The number of hydrogen-bond acceptors (Lipinski definition) is 4. The van der Waals surface area contributed by atoms with Gasteiger partial charge in [0.25, 0.3) is 0 Å². The van der Waals surface area contributed by atoms with Crippen LogP contribution in [0.1, 0.15) is 37.6 Å². The highest BCUT2D eigenvalue weighted by Crippen LogP contribution is 2.22. The zero-order valence-electron chi connectivity index (χ0n) is 12.3. The first kappa shape index (κ1) is 14.3. The lowest BCUT2D eigenvalue weighted by Gasteiger charge is -2.35. The van der Waals surface area contributed by atoms with E-state index >= 15 is 0 Å². The van der Waals surface area contributed by atoms with Gasteiger partial charge in [0.2, 0.25) is 0 Å². The molecule has 1 aliphatic heterocycles. The molecule has 0 aliphatic carbocycles. The second kappa shape index (κ2) is 6.35. The van der Waals surface area contributed by atoms with Crippen LogP contribution in [0.25, 0.3) is 0 Å². The topological polar surface area (TPSA) is 39.6 Å². The molecule has 0 radical (unpaired) electrons. The summed E-state index contributed by atoms with van der Waals surface area (Å²) in [6.45, 7) is 11.6. The Morgan fingerprint density at radius 1 is 1.21 bits per heavy atom. The Morgan fingerprint density at radius 3 is 2.42 bits per heavy atom. The predicted molar refractivity (Wildman–Crippen MR) is 78.6 cm³/mol. The summed E-state index contributed by atoms with van der Waals surface area (Å²) in [5.74, 6) is 1.04. The molecule has 1 fully saturated rings. The lowest BCUT2D eigenvalue weighted by atomic mass is 10.1. The van der Waals surface area contributed by atoms with Gasteiger partial charge < -0.3 is 14.9 Å². The molecule has 0 spiro atoms. The highest BCUT2D eigenvalue weighted by atomic mass is 16.3. The van der Waals surface area contributed by atoms with E-state index in [0.717, 1.165) is 56.2 Å². The van der Waals surface area contributed by atoms with E-state index in [1.54, 1.807) is 0 Å². The van der Waals surface area contributed by atoms with E-state index < -0.39 is 6.10 Å². The van der Waals surface area contributed by atoms with Gasteiger partial charge >= 0.3 is 0 Å². The molecule has 0 amide bonds. The van der Waals surface area contributed by atoms with Crippen LogP contribution in [-0.2, 0) is 0 Å². The maximum atomic E-state index is 9.92. The third kappa shape index (κ3) is 3.25. The minimum atomic E-state index is -0.390. The maximum Gasteiger partial charge on any atom is 0.128 e. The van der Waals surface area contributed by atoms with E-state index in [2.05, 4.69) is 21.7 Å². The molecule has 2 heterocycles. The van der Waals surface area contributed by atoms with E-state index in [1.807, 2.05) is 26.0 Å². The van der Waals surface area contributed by atoms with Crippen molar-refractivity contribution in [2.75, 3.05) is 37.6 Å². The van der Waals surface area contributed by atoms with Crippen molar-refractivity contribution in [2.24, 2.45) is 0 Å². The lowest BCUT2D eigenvalue weighted by molar-refractivity contribution is 0.172. The van der Waals surface area contributed by atoms with Gasteiger partial charge in [-0.05, 0) is 26.0 Å². The fourth-order valence-corrected chi connectivity index (χ4v) is 2.60. The second-order valence-corrected chi connectivity index (χ2v) is 5.19. The largest absolute Gasteiger partial charge is 0.388 e. The Kier molecular flexibility index (Phi) is 4.77. The molecule has 1 aromatic rings. The third-order valence-electron chi connectivity index (χ3n) is 4.00. The molecule has 1 aromatic heterocycles. The quantitative estimate of drug-likeness (QED) is 0.901. The zero-order chi connectivity index (χ0) is 13.8. The highest BCUT2D eigenvalue weighted by Gasteiger charge is 2.18. The smallest absolute Gasteiger partial charge is 0.128 e. The number of aryl methyl sites for hydroxylation is 1. The molecule has 0 saturated carbocycles. The fraction of sp³-hybridized carbons (Fsp3) is 0.667. The molecule has 0 bridgehead atoms. The number of likely N-dealkylation sites (N-methyl/N-ethyl adjacent to an activating group) is 1. The third-order valence-corrected chi connectivity index (χ3v) is 4.00. The Hall–Kier alpha value is -1.13. The van der Waals surface area contributed by atoms with Gasteiger partial charge in [-0.2, -0.15) is 0 Å². The van der Waals surface area contributed by atoms with Crippen LogP contribution in [0.3, 0.4) is 0 Å². The first-order valence-electron chi connectivity index (χ1n) is 7.28. The summed E-state index contributed by atoms with van der Waals surface area (Å²) >= 11 is 0. The van der Waals surface area contributed by atoms with Crippen molar-refractivity contribution in [2.45, 2.75) is 33.3 Å². The van der Waals surface area contributed by atoms with Crippen LogP contribution < -0.4 is 4.90 Å². The summed E-state index contributed by atoms with van der Waals surface area (Å²) in [5.41, 5.74) is 1.91. The first-order valence-corrected chi connectivity index (χ1v) is 7.28. The number of aliphatic hydroxyl groups is 1. The molecule has 1 aliphatic rings. The maximum absolute atomic E-state index is 9.92. The molecule has 106 valence electrons. The van der Waals surface area contributed by atoms with Gasteiger partial charge in [-0.15, -0.1) is 0 Å². The van der Waals surface area contributed by atoms with Crippen molar-refractivity contribution in [3.63, 3.8) is 0 Å². The summed E-state index contributed by atoms with van der Waals surface area (Å²) in [7, 11) is 0. The highest BCUT2D eigenvalue weighted by molar-refractivity contribution is 5.42. The van der Waals surface area contributed by atoms with Crippen molar-refractivity contribution in [3.05, 3.63) is 23.4 Å². The molecule has 2 rings (SSSR count). The van der Waals surface area contributed by atoms with Gasteiger partial charge in [-0.1, -0.05) is 19.9 Å². The molecular formula is C15H25N3O. The van der Waals surface area contributed by atoms with Gasteiger partial charge in [-0.3, -0.25) is 0 Å². The minimum absolute atomic E-state index is 0.390. The molecule has 0 aromatic carbocycles. The fourth-order valence-electron chi connectivity index (χ4n) is 2.60. The van der Waals surface area contributed by atoms with E-state index in [1.165, 1.54) is 0 Å². The Morgan fingerprint density at radius 2 is 1.89 bits per heavy atom. The van der Waals surface area contributed by atoms with Crippen LogP contribution in [0, 0.1) is 6.92 Å². The zero-order valence-corrected chi connectivity index (χ0v) is 12.3. The number of hydrogen-bond donors (Lipinski definition) is 1. The van der Waals surface area contributed by atoms with Crippen molar-refractivity contribution in [1.29, 1.82) is 0 Å². The van der Waals surface area contributed by atoms with Gasteiger partial charge in [0.05, 0.1) is 6.10 Å². The first-order chi connectivity index (χ1) is 9.15. The minimum Gasteiger partial charge on any atom is -0.388 e. The van der Waals surface area contributed by atoms with E-state index in [-0.39, 0.29) is 0 Å². The molecule has 19 heavy (non-hydrogen) atoms. The van der Waals surface area contributed by atoms with Crippen LogP contribution in [0.2, 0.25) is 0 Å². The Bertz CT molecular complexity index is 414. The van der Waals surface area contributed by atoms with Crippen LogP contribution in [0.15, 0.2) is 12.1 Å². The van der Waals surface area contributed by atoms with Crippen LogP contribution in [0.4, 0.5) is 5.82 Å². The number of pyridine rings is 1. The van der Waals surface area contributed by atoms with E-state index in [4.69, 9.17) is 0 Å². The number of rotatable bonds is 4. The molecule has 1 atom stereocenters. The molecule has 1 unspecified atom stereocenters. The number of piperazine rings is 1. The normalized spacial score (nSPS) is 18.6. The molecule has 4 nitrogen and oxygen atoms in total. The van der Waals surface area contributed by atoms with E-state index in [9.17, 15) is 5.11 Å². The summed E-state index contributed by atoms with van der Waals surface area (Å²) in [6.07, 6.45) is 0.343. The van der Waals surface area contributed by atoms with E-state index in [0.29, 0.717) is 0 Å². The van der Waals surface area contributed by atoms with Gasteiger partial charge in [-0.25, -0.2) is 4.98 Å². The average Bonchev–Trinajstić information content (AvgIpc) is 2.46. The molecule has 1 saturated heterocycles. The van der Waals surface area contributed by atoms with Gasteiger partial charge in [0.1, 0.15) is 5.82 Å². The molecule has 4 heteroatoms. The number of aromatic nitrogens is 1. The van der Waals surface area contributed by atoms with Crippen molar-refractivity contribution in [1.82, 2.24) is 9.88 Å². The van der Waals surface area contributed by atoms with Crippen molar-refractivity contribution >= 4 is 5.82 Å². The SMILES string of the molecule is CCC(O)c1ccc(N2CCN(CC)CC2)nc1C. The van der Waals surface area contributed by atoms with Crippen molar-refractivity contribution in [3.8, 4) is 0 Å². The second-order valence-electron chi connectivity index (χ2n) is 5.19. The molecular weight excluding hydrogens is 238 g/mol. The summed E-state index contributed by atoms with van der Waals surface area (Å²) in [5, 5.41) is 9.92. The lowest BCUT2D eigenvalue weighted by Crippen LogP contribution is -2.46. The number of nitrogens with zero attached hydrogens (tertiary/aromatic N) is 3. The van der Waals surface area contributed by atoms with Crippen LogP contribution >= 0.6 is 0 Å². The summed E-state index contributed by atoms with van der Waals surface area (Å²) in [4.78, 5) is 9.46. The monoisotopic (exact) mass is 263 g/mol. The van der Waals surface area contributed by atoms with Gasteiger partial charge in [0.15, 0.2) is 0 Å². The van der Waals surface area contributed by atoms with Crippen molar-refractivity contribution < 1.29 is 5.11 Å². The average molecular weight is 263 g/mol. The number of aliphatic hydroxyl groups excluding tert-OH is 1. The van der Waals surface area contributed by atoms with Gasteiger partial charge in [0, 0.05) is 37.4 Å². The number of anilines is 1. The summed E-state index contributed by atoms with van der Waals surface area (Å²) < 4.78 is 0. The molecule has 1 N–H and O–H groups in total. The standard InChI is InChI=1S/C15H25N3O/c1-4-14(19)13-6-7-15(16-12(13)3)18-10-8-17(5-2)9-11-18/h6-7,14,19H,4-5,8-11H2,1-3H3. The Balaban J connectivity index is 2.08. The van der Waals surface area contributed by atoms with Crippen LogP contribution in [0.5, 0.6) is 0 Å².